The van der Waals surface area contributed by atoms with Crippen molar-refractivity contribution in [1.82, 2.24) is 9.78 Å². The van der Waals surface area contributed by atoms with Crippen molar-refractivity contribution >= 4 is 27.5 Å². The van der Waals surface area contributed by atoms with E-state index in [4.69, 9.17) is 17.3 Å². The molecule has 16 heavy (non-hydrogen) atoms. The Balaban J connectivity index is 2.45. The van der Waals surface area contributed by atoms with Gasteiger partial charge in [-0.2, -0.15) is 5.10 Å². The summed E-state index contributed by atoms with van der Waals surface area (Å²) < 4.78 is 2.66. The van der Waals surface area contributed by atoms with Crippen LogP contribution in [0.25, 0.3) is 5.69 Å². The molecule has 0 aliphatic carbocycles. The molecule has 2 N–H and O–H groups in total. The normalized spacial score (nSPS) is 10.7. The van der Waals surface area contributed by atoms with Crippen molar-refractivity contribution in [3.05, 3.63) is 45.7 Å². The van der Waals surface area contributed by atoms with Gasteiger partial charge in [0.2, 0.25) is 0 Å². The molecule has 0 bridgehead atoms. The van der Waals surface area contributed by atoms with E-state index in [0.717, 1.165) is 22.1 Å². The number of halogens is 2. The largest absolute Gasteiger partial charge is 0.330 e. The average Bonchev–Trinajstić information content (AvgIpc) is 2.62. The molecule has 0 radical (unpaired) electrons. The molecule has 1 aromatic heterocycles. The van der Waals surface area contributed by atoms with Gasteiger partial charge in [-0.1, -0.05) is 23.7 Å². The third-order valence-electron chi connectivity index (χ3n) is 2.27. The Bertz CT molecular complexity index is 496. The van der Waals surface area contributed by atoms with Gasteiger partial charge in [-0.15, -0.1) is 0 Å². The lowest BCUT2D eigenvalue weighted by molar-refractivity contribution is 0.875. The van der Waals surface area contributed by atoms with E-state index >= 15 is 0 Å². The molecule has 0 saturated carbocycles. The van der Waals surface area contributed by atoms with E-state index in [1.807, 2.05) is 24.3 Å². The lowest BCUT2D eigenvalue weighted by atomic mass is 10.2. The molecule has 0 saturated heterocycles. The summed E-state index contributed by atoms with van der Waals surface area (Å²) >= 11 is 9.70. The van der Waals surface area contributed by atoms with Gasteiger partial charge >= 0.3 is 0 Å². The molecule has 0 aliphatic rings. The number of benzene rings is 1. The average molecular weight is 301 g/mol. The molecule has 0 spiro atoms. The van der Waals surface area contributed by atoms with Crippen LogP contribution in [0.4, 0.5) is 0 Å². The van der Waals surface area contributed by atoms with Crippen molar-refractivity contribution in [3.63, 3.8) is 0 Å². The molecule has 1 heterocycles. The second kappa shape index (κ2) is 4.99. The SMILES string of the molecule is NCCc1cnn(-c2ccccc2Br)c1Cl. The fourth-order valence-corrected chi connectivity index (χ4v) is 2.21. The molecule has 84 valence electrons. The van der Waals surface area contributed by atoms with Gasteiger partial charge < -0.3 is 5.73 Å². The summed E-state index contributed by atoms with van der Waals surface area (Å²) in [6.07, 6.45) is 2.50. The first-order valence-electron chi connectivity index (χ1n) is 4.91. The van der Waals surface area contributed by atoms with Crippen LogP contribution in [0.1, 0.15) is 5.56 Å². The minimum absolute atomic E-state index is 0.571. The number of nitrogens with two attached hydrogens (primary N) is 1. The van der Waals surface area contributed by atoms with Crippen molar-refractivity contribution in [3.8, 4) is 5.69 Å². The molecular formula is C11H11BrClN3. The highest BCUT2D eigenvalue weighted by Crippen LogP contribution is 2.25. The van der Waals surface area contributed by atoms with Crippen LogP contribution in [-0.4, -0.2) is 16.3 Å². The van der Waals surface area contributed by atoms with Gasteiger partial charge in [-0.05, 0) is 41.0 Å². The Morgan fingerprint density at radius 3 is 2.81 bits per heavy atom. The number of hydrogen-bond donors (Lipinski definition) is 1. The molecule has 0 aliphatic heterocycles. The molecule has 1 aromatic carbocycles. The predicted octanol–water partition coefficient (Wildman–Crippen LogP) is 2.79. The summed E-state index contributed by atoms with van der Waals surface area (Å²) in [4.78, 5) is 0. The minimum Gasteiger partial charge on any atom is -0.330 e. The van der Waals surface area contributed by atoms with Crippen LogP contribution in [0.2, 0.25) is 5.15 Å². The van der Waals surface area contributed by atoms with Gasteiger partial charge in [0.1, 0.15) is 5.15 Å². The number of rotatable bonds is 3. The zero-order chi connectivity index (χ0) is 11.5. The lowest BCUT2D eigenvalue weighted by Crippen LogP contribution is -2.03. The fraction of sp³-hybridized carbons (Fsp3) is 0.182. The van der Waals surface area contributed by atoms with E-state index in [1.54, 1.807) is 10.9 Å². The highest BCUT2D eigenvalue weighted by atomic mass is 79.9. The topological polar surface area (TPSA) is 43.8 Å². The van der Waals surface area contributed by atoms with Gasteiger partial charge in [-0.25, -0.2) is 4.68 Å². The summed E-state index contributed by atoms with van der Waals surface area (Å²) in [7, 11) is 0. The Labute approximate surface area is 107 Å². The van der Waals surface area contributed by atoms with E-state index in [2.05, 4.69) is 21.0 Å². The summed E-state index contributed by atoms with van der Waals surface area (Å²) in [6, 6.07) is 7.80. The summed E-state index contributed by atoms with van der Waals surface area (Å²) in [5.41, 5.74) is 7.40. The second-order valence-corrected chi connectivity index (χ2v) is 4.57. The van der Waals surface area contributed by atoms with E-state index in [1.165, 1.54) is 0 Å². The quantitative estimate of drug-likeness (QED) is 0.947. The minimum atomic E-state index is 0.571. The maximum Gasteiger partial charge on any atom is 0.136 e. The van der Waals surface area contributed by atoms with Gasteiger partial charge in [0.25, 0.3) is 0 Å². The highest BCUT2D eigenvalue weighted by molar-refractivity contribution is 9.10. The zero-order valence-electron chi connectivity index (χ0n) is 8.53. The Kier molecular flexibility index (Phi) is 3.63. The summed E-state index contributed by atoms with van der Waals surface area (Å²) in [5, 5.41) is 4.89. The van der Waals surface area contributed by atoms with Crippen LogP contribution in [0.5, 0.6) is 0 Å². The molecule has 2 aromatic rings. The molecule has 0 amide bonds. The van der Waals surface area contributed by atoms with Crippen molar-refractivity contribution in [1.29, 1.82) is 0 Å². The van der Waals surface area contributed by atoms with Crippen molar-refractivity contribution in [2.24, 2.45) is 5.73 Å². The third-order valence-corrected chi connectivity index (χ3v) is 3.35. The van der Waals surface area contributed by atoms with Gasteiger partial charge in [0.15, 0.2) is 0 Å². The van der Waals surface area contributed by atoms with E-state index in [9.17, 15) is 0 Å². The van der Waals surface area contributed by atoms with E-state index < -0.39 is 0 Å². The van der Waals surface area contributed by atoms with Gasteiger partial charge in [0, 0.05) is 10.0 Å². The second-order valence-electron chi connectivity index (χ2n) is 3.36. The van der Waals surface area contributed by atoms with Crippen LogP contribution < -0.4 is 5.73 Å². The number of hydrogen-bond acceptors (Lipinski definition) is 2. The van der Waals surface area contributed by atoms with Crippen LogP contribution in [0.15, 0.2) is 34.9 Å². The fourth-order valence-electron chi connectivity index (χ4n) is 1.48. The standard InChI is InChI=1S/C11H11BrClN3/c12-9-3-1-2-4-10(9)16-11(13)8(5-6-14)7-15-16/h1-4,7H,5-6,14H2. The first-order valence-corrected chi connectivity index (χ1v) is 6.08. The van der Waals surface area contributed by atoms with Crippen molar-refractivity contribution in [2.75, 3.05) is 6.54 Å². The summed E-state index contributed by atoms with van der Waals surface area (Å²) in [6.45, 7) is 0.571. The number of nitrogens with zero attached hydrogens (tertiary/aromatic N) is 2. The van der Waals surface area contributed by atoms with E-state index in [-0.39, 0.29) is 0 Å². The highest BCUT2D eigenvalue weighted by Gasteiger charge is 2.10. The predicted molar refractivity (Wildman–Crippen MR) is 69.0 cm³/mol. The molecule has 0 atom stereocenters. The van der Waals surface area contributed by atoms with E-state index in [0.29, 0.717) is 11.7 Å². The van der Waals surface area contributed by atoms with Gasteiger partial charge in [-0.3, -0.25) is 0 Å². The van der Waals surface area contributed by atoms with Gasteiger partial charge in [0.05, 0.1) is 11.9 Å². The monoisotopic (exact) mass is 299 g/mol. The zero-order valence-corrected chi connectivity index (χ0v) is 10.9. The lowest BCUT2D eigenvalue weighted by Gasteiger charge is -2.05. The third kappa shape index (κ3) is 2.14. The van der Waals surface area contributed by atoms with Crippen LogP contribution in [-0.2, 0) is 6.42 Å². The van der Waals surface area contributed by atoms with Crippen LogP contribution in [0, 0.1) is 0 Å². The smallest absolute Gasteiger partial charge is 0.136 e. The Hall–Kier alpha value is -0.840. The maximum atomic E-state index is 6.23. The molecule has 0 fully saturated rings. The van der Waals surface area contributed by atoms with Crippen molar-refractivity contribution < 1.29 is 0 Å². The molecule has 5 heteroatoms. The summed E-state index contributed by atoms with van der Waals surface area (Å²) in [5.74, 6) is 0. The number of aromatic nitrogens is 2. The first-order chi connectivity index (χ1) is 7.74. The van der Waals surface area contributed by atoms with Crippen molar-refractivity contribution in [2.45, 2.75) is 6.42 Å². The maximum absolute atomic E-state index is 6.23. The van der Waals surface area contributed by atoms with Crippen LogP contribution >= 0.6 is 27.5 Å². The first kappa shape index (κ1) is 11.6. The molecular weight excluding hydrogens is 289 g/mol. The molecule has 2 rings (SSSR count). The molecule has 0 unspecified atom stereocenters. The number of para-hydroxylation sites is 1. The Morgan fingerprint density at radius 1 is 1.38 bits per heavy atom. The molecule has 3 nitrogen and oxygen atoms in total. The van der Waals surface area contributed by atoms with Crippen LogP contribution in [0.3, 0.4) is 0 Å². The Morgan fingerprint density at radius 2 is 2.12 bits per heavy atom.